The number of hydrogen-bond donors (Lipinski definition) is 2. The van der Waals surface area contributed by atoms with Gasteiger partial charge in [0.2, 0.25) is 5.91 Å². The molecule has 1 aliphatic heterocycles. The first-order chi connectivity index (χ1) is 12.6. The molecule has 2 N–H and O–H groups in total. The third-order valence-corrected chi connectivity index (χ3v) is 4.60. The average Bonchev–Trinajstić information content (AvgIpc) is 3.07. The highest BCUT2D eigenvalue weighted by Gasteiger charge is 2.24. The van der Waals surface area contributed by atoms with Gasteiger partial charge in [0.05, 0.1) is 11.4 Å². The van der Waals surface area contributed by atoms with Crippen molar-refractivity contribution in [3.8, 4) is 0 Å². The quantitative estimate of drug-likeness (QED) is 0.827. The Morgan fingerprint density at radius 3 is 2.58 bits per heavy atom. The summed E-state index contributed by atoms with van der Waals surface area (Å²) in [4.78, 5) is 26.1. The van der Waals surface area contributed by atoms with E-state index < -0.39 is 0 Å². The largest absolute Gasteiger partial charge is 0.335 e. The Hall–Kier alpha value is -2.82. The minimum absolute atomic E-state index is 0.0517. The second-order valence-electron chi connectivity index (χ2n) is 6.69. The maximum absolute atomic E-state index is 12.4. The lowest BCUT2D eigenvalue weighted by Crippen LogP contribution is -2.37. The maximum Gasteiger partial charge on any atom is 0.319 e. The number of benzene rings is 2. The summed E-state index contributed by atoms with van der Waals surface area (Å²) < 4.78 is 0. The zero-order chi connectivity index (χ0) is 18.4. The molecule has 1 aliphatic rings. The molecule has 26 heavy (non-hydrogen) atoms. The van der Waals surface area contributed by atoms with Crippen molar-refractivity contribution < 1.29 is 9.59 Å². The number of hydrogen-bond acceptors (Lipinski definition) is 2. The summed E-state index contributed by atoms with van der Waals surface area (Å²) >= 11 is 0. The van der Waals surface area contributed by atoms with Gasteiger partial charge in [-0.1, -0.05) is 42.5 Å². The minimum atomic E-state index is -0.246. The summed E-state index contributed by atoms with van der Waals surface area (Å²) in [5.74, 6) is 0.107. The predicted molar refractivity (Wildman–Crippen MR) is 104 cm³/mol. The van der Waals surface area contributed by atoms with Gasteiger partial charge >= 0.3 is 6.03 Å². The van der Waals surface area contributed by atoms with E-state index in [9.17, 15) is 9.59 Å². The molecule has 3 amide bonds. The van der Waals surface area contributed by atoms with Crippen LogP contribution in [0.3, 0.4) is 0 Å². The Morgan fingerprint density at radius 1 is 1.12 bits per heavy atom. The van der Waals surface area contributed by atoms with Gasteiger partial charge in [-0.15, -0.1) is 0 Å². The summed E-state index contributed by atoms with van der Waals surface area (Å²) in [6.07, 6.45) is 3.21. The average molecular weight is 351 g/mol. The van der Waals surface area contributed by atoms with Gasteiger partial charge < -0.3 is 15.5 Å². The number of nitrogens with zero attached hydrogens (tertiary/aromatic N) is 1. The predicted octanol–water partition coefficient (Wildman–Crippen LogP) is 3.96. The molecule has 0 unspecified atom stereocenters. The van der Waals surface area contributed by atoms with Crippen LogP contribution in [0, 0.1) is 0 Å². The van der Waals surface area contributed by atoms with E-state index in [0.717, 1.165) is 24.9 Å². The first-order valence-electron chi connectivity index (χ1n) is 9.14. The lowest BCUT2D eigenvalue weighted by Gasteiger charge is -2.21. The fourth-order valence-corrected chi connectivity index (χ4v) is 3.20. The number of carbonyl (C=O) groups excluding carboxylic acids is 2. The molecule has 136 valence electrons. The Morgan fingerprint density at radius 2 is 1.85 bits per heavy atom. The number of aryl methyl sites for hydroxylation is 1. The highest BCUT2D eigenvalue weighted by molar-refractivity contribution is 6.01. The summed E-state index contributed by atoms with van der Waals surface area (Å²) in [7, 11) is 0. The topological polar surface area (TPSA) is 61.4 Å². The van der Waals surface area contributed by atoms with Gasteiger partial charge in [0.25, 0.3) is 0 Å². The van der Waals surface area contributed by atoms with Crippen LogP contribution in [0.25, 0.3) is 0 Å². The van der Waals surface area contributed by atoms with Gasteiger partial charge in [-0.05, 0) is 43.9 Å². The maximum atomic E-state index is 12.4. The second-order valence-corrected chi connectivity index (χ2v) is 6.69. The molecule has 1 fully saturated rings. The number of anilines is 2. The van der Waals surface area contributed by atoms with Crippen LogP contribution >= 0.6 is 0 Å². The molecule has 5 heteroatoms. The molecule has 0 radical (unpaired) electrons. The van der Waals surface area contributed by atoms with Crippen molar-refractivity contribution in [1.29, 1.82) is 0 Å². The highest BCUT2D eigenvalue weighted by atomic mass is 16.2. The number of rotatable bonds is 6. The van der Waals surface area contributed by atoms with E-state index in [4.69, 9.17) is 0 Å². The highest BCUT2D eigenvalue weighted by Crippen LogP contribution is 2.29. The third kappa shape index (κ3) is 4.63. The molecule has 2 aromatic rings. The second kappa shape index (κ2) is 8.52. The van der Waals surface area contributed by atoms with Crippen molar-refractivity contribution in [2.45, 2.75) is 38.6 Å². The summed E-state index contributed by atoms with van der Waals surface area (Å²) in [5.41, 5.74) is 2.69. The summed E-state index contributed by atoms with van der Waals surface area (Å²) in [6.45, 7) is 2.70. The van der Waals surface area contributed by atoms with E-state index in [1.54, 1.807) is 4.90 Å². The van der Waals surface area contributed by atoms with E-state index in [0.29, 0.717) is 18.7 Å². The smallest absolute Gasteiger partial charge is 0.319 e. The molecule has 1 heterocycles. The standard InChI is InChI=1S/C21H25N3O2/c1-16(13-14-17-8-3-2-4-9-17)22-21(26)23-18-10-5-6-11-19(18)24-15-7-12-20(24)25/h2-6,8-11,16H,7,12-15H2,1H3,(H2,22,23,26)/t16-/m0/s1. The van der Waals surface area contributed by atoms with E-state index in [-0.39, 0.29) is 18.0 Å². The van der Waals surface area contributed by atoms with Crippen LogP contribution in [-0.4, -0.2) is 24.5 Å². The zero-order valence-electron chi connectivity index (χ0n) is 15.1. The van der Waals surface area contributed by atoms with Gasteiger partial charge in [-0.3, -0.25) is 4.79 Å². The summed E-state index contributed by atoms with van der Waals surface area (Å²) in [6, 6.07) is 17.5. The first-order valence-corrected chi connectivity index (χ1v) is 9.14. The van der Waals surface area contributed by atoms with Crippen molar-refractivity contribution in [3.05, 3.63) is 60.2 Å². The monoisotopic (exact) mass is 351 g/mol. The van der Waals surface area contributed by atoms with Gasteiger partial charge in [-0.2, -0.15) is 0 Å². The lowest BCUT2D eigenvalue weighted by atomic mass is 10.1. The fourth-order valence-electron chi connectivity index (χ4n) is 3.20. The molecule has 2 aromatic carbocycles. The van der Waals surface area contributed by atoms with Crippen molar-refractivity contribution in [3.63, 3.8) is 0 Å². The van der Waals surface area contributed by atoms with Crippen molar-refractivity contribution in [1.82, 2.24) is 5.32 Å². The molecule has 0 aliphatic carbocycles. The number of urea groups is 1. The Balaban J connectivity index is 1.55. The molecule has 1 saturated heterocycles. The van der Waals surface area contributed by atoms with Crippen LogP contribution < -0.4 is 15.5 Å². The van der Waals surface area contributed by atoms with Crippen LogP contribution in [0.15, 0.2) is 54.6 Å². The first kappa shape index (κ1) is 18.0. The SMILES string of the molecule is C[C@@H](CCc1ccccc1)NC(=O)Nc1ccccc1N1CCCC1=O. The molecule has 1 atom stereocenters. The van der Waals surface area contributed by atoms with Crippen LogP contribution in [0.4, 0.5) is 16.2 Å². The van der Waals surface area contributed by atoms with Crippen LogP contribution in [-0.2, 0) is 11.2 Å². The Labute approximate surface area is 154 Å². The van der Waals surface area contributed by atoms with E-state index in [1.165, 1.54) is 5.56 Å². The number of carbonyl (C=O) groups is 2. The van der Waals surface area contributed by atoms with E-state index in [2.05, 4.69) is 22.8 Å². The minimum Gasteiger partial charge on any atom is -0.335 e. The van der Waals surface area contributed by atoms with Gasteiger partial charge in [0.1, 0.15) is 0 Å². The van der Waals surface area contributed by atoms with E-state index in [1.807, 2.05) is 49.4 Å². The lowest BCUT2D eigenvalue weighted by molar-refractivity contribution is -0.117. The Kier molecular flexibility index (Phi) is 5.89. The third-order valence-electron chi connectivity index (χ3n) is 4.60. The number of nitrogens with one attached hydrogen (secondary N) is 2. The molecular weight excluding hydrogens is 326 g/mol. The molecular formula is C21H25N3O2. The zero-order valence-corrected chi connectivity index (χ0v) is 15.1. The van der Waals surface area contributed by atoms with Crippen molar-refractivity contribution in [2.24, 2.45) is 0 Å². The molecule has 0 spiro atoms. The number of amides is 3. The van der Waals surface area contributed by atoms with E-state index >= 15 is 0 Å². The van der Waals surface area contributed by atoms with Gasteiger partial charge in [-0.25, -0.2) is 4.79 Å². The summed E-state index contributed by atoms with van der Waals surface area (Å²) in [5, 5.41) is 5.87. The molecule has 5 nitrogen and oxygen atoms in total. The molecule has 0 saturated carbocycles. The molecule has 0 bridgehead atoms. The Bertz CT molecular complexity index is 761. The van der Waals surface area contributed by atoms with Gasteiger partial charge in [0.15, 0.2) is 0 Å². The molecule has 0 aromatic heterocycles. The van der Waals surface area contributed by atoms with Crippen LogP contribution in [0.1, 0.15) is 31.7 Å². The molecule has 3 rings (SSSR count). The normalized spacial score (nSPS) is 15.0. The van der Waals surface area contributed by atoms with Crippen molar-refractivity contribution >= 4 is 23.3 Å². The number of para-hydroxylation sites is 2. The van der Waals surface area contributed by atoms with Gasteiger partial charge in [0, 0.05) is 19.0 Å². The van der Waals surface area contributed by atoms with Crippen molar-refractivity contribution in [2.75, 3.05) is 16.8 Å². The van der Waals surface area contributed by atoms with Crippen LogP contribution in [0.5, 0.6) is 0 Å². The fraction of sp³-hybridized carbons (Fsp3) is 0.333. The van der Waals surface area contributed by atoms with Crippen LogP contribution in [0.2, 0.25) is 0 Å².